The Morgan fingerprint density at radius 1 is 1.88 bits per heavy atom. The van der Waals surface area contributed by atoms with E-state index < -0.39 is 0 Å². The highest BCUT2D eigenvalue weighted by Crippen LogP contribution is 2.26. The molecule has 1 aliphatic heterocycles. The zero-order valence-electron chi connectivity index (χ0n) is 4.11. The van der Waals surface area contributed by atoms with Crippen molar-refractivity contribution in [2.45, 2.75) is 11.8 Å². The molecule has 0 aliphatic carbocycles. The van der Waals surface area contributed by atoms with Crippen LogP contribution in [-0.4, -0.2) is 17.0 Å². The first-order chi connectivity index (χ1) is 3.84. The molecule has 4 nitrogen and oxygen atoms in total. The first-order valence-electron chi connectivity index (χ1n) is 2.27. The topological polar surface area (TPSA) is 55.7 Å². The van der Waals surface area contributed by atoms with Crippen molar-refractivity contribution in [3.8, 4) is 0 Å². The Hall–Kier alpha value is -0.130. The number of nitrogens with zero attached hydrogens (tertiary/aromatic N) is 2. The van der Waals surface area contributed by atoms with E-state index in [0.29, 0.717) is 6.54 Å². The third-order valence-electron chi connectivity index (χ3n) is 1.08. The molecule has 0 N–H and O–H groups in total. The number of rotatable bonds is 2. The maximum atomic E-state index is 10.3. The summed E-state index contributed by atoms with van der Waals surface area (Å²) in [6, 6.07) is 0. The molecule has 0 bridgehead atoms. The molecular formula is C3H5N2O2S-. The molecule has 8 heavy (non-hydrogen) atoms. The maximum absolute atomic E-state index is 10.3. The van der Waals surface area contributed by atoms with Gasteiger partial charge in [0.25, 0.3) is 0 Å². The molecule has 1 saturated heterocycles. The van der Waals surface area contributed by atoms with Gasteiger partial charge in [-0.3, -0.25) is 0 Å². The molecule has 0 aromatic carbocycles. The molecule has 0 spiro atoms. The number of hydroxylamine groups is 2. The van der Waals surface area contributed by atoms with Crippen LogP contribution < -0.4 is 0 Å². The Kier molecular flexibility index (Phi) is 1.82. The molecule has 1 atom stereocenters. The number of nitroso groups, excluding NO2 is 1. The average molecular weight is 133 g/mol. The van der Waals surface area contributed by atoms with E-state index in [-0.39, 0.29) is 5.37 Å². The van der Waals surface area contributed by atoms with Crippen LogP contribution in [0.25, 0.3) is 0 Å². The summed E-state index contributed by atoms with van der Waals surface area (Å²) in [5, 5.41) is 11.0. The molecule has 5 heteroatoms. The van der Waals surface area contributed by atoms with Crippen molar-refractivity contribution < 1.29 is 0 Å². The second-order valence-electron chi connectivity index (χ2n) is 1.56. The lowest BCUT2D eigenvalue weighted by Gasteiger charge is -2.43. The maximum Gasteiger partial charge on any atom is 0.0711 e. The lowest BCUT2D eigenvalue weighted by atomic mass is 10.3. The summed E-state index contributed by atoms with van der Waals surface area (Å²) in [5.41, 5.74) is 0. The van der Waals surface area contributed by atoms with Crippen LogP contribution in [0.5, 0.6) is 0 Å². The Bertz CT molecular complexity index is 99.3. The Morgan fingerprint density at radius 3 is 2.75 bits per heavy atom. The molecule has 0 saturated carbocycles. The third kappa shape index (κ3) is 0.988. The Labute approximate surface area is 50.9 Å². The lowest BCUT2D eigenvalue weighted by molar-refractivity contribution is 0.233. The first-order valence-corrected chi connectivity index (χ1v) is 3.10. The Morgan fingerprint density at radius 2 is 2.62 bits per heavy atom. The summed E-state index contributed by atoms with van der Waals surface area (Å²) < 4.78 is 2.53. The standard InChI is InChI=1S/C3H5N2O2S/c6-4-8-3-1-2-5(3)7/h3H,1-2H2/q-1. The van der Waals surface area contributed by atoms with Crippen LogP contribution >= 0.6 is 11.9 Å². The van der Waals surface area contributed by atoms with Crippen LogP contribution in [0.15, 0.2) is 4.58 Å². The first kappa shape index (κ1) is 6.00. The zero-order chi connectivity index (χ0) is 5.98. The number of hydrogen-bond acceptors (Lipinski definition) is 5. The van der Waals surface area contributed by atoms with E-state index in [0.717, 1.165) is 23.4 Å². The van der Waals surface area contributed by atoms with Crippen LogP contribution in [0.3, 0.4) is 0 Å². The zero-order valence-corrected chi connectivity index (χ0v) is 4.93. The average Bonchev–Trinajstić information content (AvgIpc) is 1.79. The molecule has 46 valence electrons. The second-order valence-corrected chi connectivity index (χ2v) is 2.47. The predicted molar refractivity (Wildman–Crippen MR) is 31.9 cm³/mol. The van der Waals surface area contributed by atoms with Crippen molar-refractivity contribution >= 4 is 11.9 Å². The van der Waals surface area contributed by atoms with Gasteiger partial charge in [-0.05, 0) is 13.0 Å². The largest absolute Gasteiger partial charge is 0.784 e. The molecule has 0 aromatic rings. The van der Waals surface area contributed by atoms with Crippen molar-refractivity contribution in [3.63, 3.8) is 0 Å². The summed E-state index contributed by atoms with van der Waals surface area (Å²) in [7, 11) is 0. The summed E-state index contributed by atoms with van der Waals surface area (Å²) in [4.78, 5) is 9.50. The molecule has 1 heterocycles. The van der Waals surface area contributed by atoms with Crippen molar-refractivity contribution in [1.82, 2.24) is 5.06 Å². The minimum atomic E-state index is -0.188. The van der Waals surface area contributed by atoms with Crippen LogP contribution in [0.1, 0.15) is 6.42 Å². The molecule has 0 aromatic heterocycles. The molecule has 1 aliphatic rings. The van der Waals surface area contributed by atoms with Gasteiger partial charge < -0.3 is 10.3 Å². The summed E-state index contributed by atoms with van der Waals surface area (Å²) in [5.74, 6) is 0. The Balaban J connectivity index is 2.16. The highest BCUT2D eigenvalue weighted by atomic mass is 32.2. The van der Waals surface area contributed by atoms with Gasteiger partial charge in [-0.15, -0.1) is 4.91 Å². The van der Waals surface area contributed by atoms with E-state index in [1.807, 2.05) is 0 Å². The van der Waals surface area contributed by atoms with Crippen LogP contribution in [0.2, 0.25) is 0 Å². The monoisotopic (exact) mass is 133 g/mol. The van der Waals surface area contributed by atoms with E-state index >= 15 is 0 Å². The fourth-order valence-corrected chi connectivity index (χ4v) is 1.02. The molecule has 0 radical (unpaired) electrons. The van der Waals surface area contributed by atoms with E-state index in [1.165, 1.54) is 0 Å². The van der Waals surface area contributed by atoms with Gasteiger partial charge in [0.15, 0.2) is 0 Å². The van der Waals surface area contributed by atoms with Crippen LogP contribution in [0.4, 0.5) is 0 Å². The normalized spacial score (nSPS) is 29.4. The molecule has 1 rings (SSSR count). The van der Waals surface area contributed by atoms with Crippen molar-refractivity contribution in [1.29, 1.82) is 0 Å². The van der Waals surface area contributed by atoms with Gasteiger partial charge in [0, 0.05) is 16.5 Å². The van der Waals surface area contributed by atoms with Gasteiger partial charge >= 0.3 is 0 Å². The lowest BCUT2D eigenvalue weighted by Crippen LogP contribution is -2.40. The minimum Gasteiger partial charge on any atom is -0.784 e. The minimum absolute atomic E-state index is 0.188. The summed E-state index contributed by atoms with van der Waals surface area (Å²) >= 11 is 0.809. The van der Waals surface area contributed by atoms with Crippen LogP contribution in [0, 0.1) is 10.1 Å². The van der Waals surface area contributed by atoms with Gasteiger partial charge in [-0.25, -0.2) is 0 Å². The quantitative estimate of drug-likeness (QED) is 0.415. The van der Waals surface area contributed by atoms with Gasteiger partial charge in [0.2, 0.25) is 0 Å². The summed E-state index contributed by atoms with van der Waals surface area (Å²) in [6.45, 7) is 0.549. The highest BCUT2D eigenvalue weighted by molar-refractivity contribution is 7.98. The fourth-order valence-electron chi connectivity index (χ4n) is 0.495. The van der Waals surface area contributed by atoms with Gasteiger partial charge in [-0.2, -0.15) is 0 Å². The van der Waals surface area contributed by atoms with Gasteiger partial charge in [0.05, 0.1) is 5.37 Å². The number of hydrogen-bond donors (Lipinski definition) is 0. The second kappa shape index (κ2) is 2.43. The van der Waals surface area contributed by atoms with E-state index in [9.17, 15) is 10.1 Å². The van der Waals surface area contributed by atoms with E-state index in [1.54, 1.807) is 0 Å². The third-order valence-corrected chi connectivity index (χ3v) is 1.88. The highest BCUT2D eigenvalue weighted by Gasteiger charge is 2.20. The predicted octanol–water partition coefficient (Wildman–Crippen LogP) is 0.931. The smallest absolute Gasteiger partial charge is 0.0711 e. The van der Waals surface area contributed by atoms with Gasteiger partial charge in [-0.1, -0.05) is 0 Å². The molecule has 1 fully saturated rings. The van der Waals surface area contributed by atoms with Crippen molar-refractivity contribution in [2.24, 2.45) is 4.58 Å². The van der Waals surface area contributed by atoms with Crippen molar-refractivity contribution in [2.75, 3.05) is 6.54 Å². The molecular weight excluding hydrogens is 128 g/mol. The van der Waals surface area contributed by atoms with Crippen molar-refractivity contribution in [3.05, 3.63) is 10.1 Å². The molecule has 0 amide bonds. The summed E-state index contributed by atoms with van der Waals surface area (Å²) in [6.07, 6.45) is 0.792. The van der Waals surface area contributed by atoms with E-state index in [4.69, 9.17) is 0 Å². The SMILES string of the molecule is O=NSC1CCN1[O-]. The fraction of sp³-hybridized carbons (Fsp3) is 1.00. The van der Waals surface area contributed by atoms with Gasteiger partial charge in [0.1, 0.15) is 0 Å². The molecule has 1 unspecified atom stereocenters. The van der Waals surface area contributed by atoms with Crippen LogP contribution in [-0.2, 0) is 0 Å². The van der Waals surface area contributed by atoms with E-state index in [2.05, 4.69) is 4.58 Å².